The molecule has 0 aliphatic carbocycles. The topological polar surface area (TPSA) is 73.9 Å². The van der Waals surface area contributed by atoms with Gasteiger partial charge in [0.15, 0.2) is 6.10 Å². The van der Waals surface area contributed by atoms with E-state index in [2.05, 4.69) is 32.8 Å². The van der Waals surface area contributed by atoms with Crippen molar-refractivity contribution in [1.29, 1.82) is 0 Å². The van der Waals surface area contributed by atoms with Gasteiger partial charge in [0.05, 0.1) is 0 Å². The highest BCUT2D eigenvalue weighted by atomic mass is 16.5. The molecule has 3 rings (SSSR count). The highest BCUT2D eigenvalue weighted by molar-refractivity contribution is 5.84. The van der Waals surface area contributed by atoms with Gasteiger partial charge in [-0.25, -0.2) is 0 Å². The van der Waals surface area contributed by atoms with Crippen LogP contribution in [0.25, 0.3) is 0 Å². The van der Waals surface area contributed by atoms with Gasteiger partial charge in [0.1, 0.15) is 5.75 Å². The van der Waals surface area contributed by atoms with Crippen molar-refractivity contribution in [3.63, 3.8) is 0 Å². The van der Waals surface area contributed by atoms with Crippen LogP contribution >= 0.6 is 0 Å². The molecule has 7 heteroatoms. The molecule has 1 fully saturated rings. The lowest BCUT2D eigenvalue weighted by Crippen LogP contribution is -2.49. The largest absolute Gasteiger partial charge is 0.481 e. The first-order chi connectivity index (χ1) is 14.1. The van der Waals surface area contributed by atoms with Crippen molar-refractivity contribution >= 4 is 17.5 Å². The Hall–Kier alpha value is -3.06. The number of para-hydroxylation sites is 2. The highest BCUT2D eigenvalue weighted by Crippen LogP contribution is 2.15. The third-order valence-corrected chi connectivity index (χ3v) is 4.90. The molecule has 1 heterocycles. The van der Waals surface area contributed by atoms with Gasteiger partial charge in [-0.1, -0.05) is 36.4 Å². The number of hydrogen-bond acceptors (Lipinski definition) is 5. The maximum Gasteiger partial charge on any atom is 0.279 e. The third kappa shape index (κ3) is 6.50. The first-order valence-electron chi connectivity index (χ1n) is 9.94. The first kappa shape index (κ1) is 20.7. The molecule has 2 N–H and O–H groups in total. The Bertz CT molecular complexity index is 777. The molecule has 0 aromatic heterocycles. The van der Waals surface area contributed by atoms with Crippen molar-refractivity contribution in [1.82, 2.24) is 15.8 Å². The molecule has 0 saturated carbocycles. The van der Waals surface area contributed by atoms with Gasteiger partial charge in [0, 0.05) is 44.8 Å². The molecule has 7 nitrogen and oxygen atoms in total. The lowest BCUT2D eigenvalue weighted by Gasteiger charge is -2.36. The number of hydrogen-bond donors (Lipinski definition) is 2. The fourth-order valence-electron chi connectivity index (χ4n) is 3.18. The van der Waals surface area contributed by atoms with Crippen LogP contribution in [0.1, 0.15) is 13.3 Å². The first-order valence-corrected chi connectivity index (χ1v) is 9.94. The Labute approximate surface area is 171 Å². The highest BCUT2D eigenvalue weighted by Gasteiger charge is 2.18. The van der Waals surface area contributed by atoms with Crippen molar-refractivity contribution in [2.24, 2.45) is 0 Å². The Morgan fingerprint density at radius 2 is 1.55 bits per heavy atom. The lowest BCUT2D eigenvalue weighted by atomic mass is 10.2. The van der Waals surface area contributed by atoms with Gasteiger partial charge in [-0.2, -0.15) is 0 Å². The average molecular weight is 396 g/mol. The number of ether oxygens (including phenoxy) is 1. The number of carbonyl (C=O) groups excluding carboxylic acids is 2. The minimum atomic E-state index is -0.705. The normalized spacial score (nSPS) is 15.4. The number of anilines is 1. The van der Waals surface area contributed by atoms with Crippen LogP contribution in [-0.2, 0) is 9.59 Å². The predicted molar refractivity (Wildman–Crippen MR) is 113 cm³/mol. The lowest BCUT2D eigenvalue weighted by molar-refractivity contribution is -0.132. The number of amides is 2. The van der Waals surface area contributed by atoms with E-state index in [4.69, 9.17) is 4.74 Å². The van der Waals surface area contributed by atoms with Crippen molar-refractivity contribution < 1.29 is 14.3 Å². The Kier molecular flexibility index (Phi) is 7.47. The van der Waals surface area contributed by atoms with Gasteiger partial charge < -0.3 is 9.64 Å². The van der Waals surface area contributed by atoms with E-state index >= 15 is 0 Å². The zero-order chi connectivity index (χ0) is 20.5. The van der Waals surface area contributed by atoms with Crippen LogP contribution in [-0.4, -0.2) is 55.5 Å². The van der Waals surface area contributed by atoms with Crippen LogP contribution in [0.5, 0.6) is 5.75 Å². The van der Waals surface area contributed by atoms with E-state index in [0.29, 0.717) is 18.7 Å². The molecule has 29 heavy (non-hydrogen) atoms. The summed E-state index contributed by atoms with van der Waals surface area (Å²) in [6, 6.07) is 19.5. The van der Waals surface area contributed by atoms with E-state index in [1.807, 2.05) is 36.4 Å². The van der Waals surface area contributed by atoms with Crippen LogP contribution in [0.2, 0.25) is 0 Å². The summed E-state index contributed by atoms with van der Waals surface area (Å²) < 4.78 is 5.53. The quantitative estimate of drug-likeness (QED) is 0.699. The van der Waals surface area contributed by atoms with E-state index in [0.717, 1.165) is 26.2 Å². The number of nitrogens with one attached hydrogen (secondary N) is 2. The molecule has 0 radical (unpaired) electrons. The summed E-state index contributed by atoms with van der Waals surface area (Å²) in [6.45, 7) is 6.02. The zero-order valence-electron chi connectivity index (χ0n) is 16.7. The molecule has 2 aromatic rings. The molecule has 2 aromatic carbocycles. The smallest absolute Gasteiger partial charge is 0.279 e. The molecule has 0 unspecified atom stereocenters. The van der Waals surface area contributed by atoms with Crippen LogP contribution in [0.3, 0.4) is 0 Å². The third-order valence-electron chi connectivity index (χ3n) is 4.90. The van der Waals surface area contributed by atoms with Gasteiger partial charge in [0.25, 0.3) is 5.91 Å². The second-order valence-electron chi connectivity index (χ2n) is 7.02. The molecule has 2 amide bonds. The summed E-state index contributed by atoms with van der Waals surface area (Å²) in [5, 5.41) is 0. The van der Waals surface area contributed by atoms with Gasteiger partial charge in [-0.15, -0.1) is 0 Å². The number of nitrogens with zero attached hydrogens (tertiary/aromatic N) is 2. The van der Waals surface area contributed by atoms with E-state index in [1.54, 1.807) is 19.1 Å². The molecular formula is C22H28N4O3. The molecule has 154 valence electrons. The second-order valence-corrected chi connectivity index (χ2v) is 7.02. The van der Waals surface area contributed by atoms with E-state index < -0.39 is 12.0 Å². The monoisotopic (exact) mass is 396 g/mol. The molecule has 1 aliphatic rings. The number of hydrazine groups is 1. The molecule has 1 saturated heterocycles. The number of piperazine rings is 1. The Morgan fingerprint density at radius 1 is 0.931 bits per heavy atom. The summed E-state index contributed by atoms with van der Waals surface area (Å²) in [6.07, 6.45) is -0.372. The van der Waals surface area contributed by atoms with Crippen LogP contribution in [0, 0.1) is 0 Å². The van der Waals surface area contributed by atoms with Gasteiger partial charge in [0.2, 0.25) is 5.91 Å². The standard InChI is InChI=1S/C22H28N4O3/c1-18(29-20-10-6-3-7-11-20)22(28)24-23-21(27)12-13-25-14-16-26(17-15-25)19-8-4-2-5-9-19/h2-11,18H,12-17H2,1H3,(H,23,27)(H,24,28)/t18-/m0/s1. The molecule has 1 atom stereocenters. The number of rotatable bonds is 7. The fraction of sp³-hybridized carbons (Fsp3) is 0.364. The van der Waals surface area contributed by atoms with Gasteiger partial charge >= 0.3 is 0 Å². The van der Waals surface area contributed by atoms with Crippen molar-refractivity contribution in [2.45, 2.75) is 19.4 Å². The number of benzene rings is 2. The Balaban J connectivity index is 1.31. The molecule has 1 aliphatic heterocycles. The number of carbonyl (C=O) groups is 2. The van der Waals surface area contributed by atoms with Crippen molar-refractivity contribution in [2.75, 3.05) is 37.6 Å². The minimum Gasteiger partial charge on any atom is -0.481 e. The summed E-state index contributed by atoms with van der Waals surface area (Å²) >= 11 is 0. The van der Waals surface area contributed by atoms with Gasteiger partial charge in [-0.05, 0) is 31.2 Å². The zero-order valence-corrected chi connectivity index (χ0v) is 16.7. The predicted octanol–water partition coefficient (Wildman–Crippen LogP) is 1.81. The maximum absolute atomic E-state index is 12.1. The minimum absolute atomic E-state index is 0.212. The van der Waals surface area contributed by atoms with Crippen LogP contribution in [0.15, 0.2) is 60.7 Å². The van der Waals surface area contributed by atoms with Crippen molar-refractivity contribution in [3.8, 4) is 5.75 Å². The molecule has 0 bridgehead atoms. The van der Waals surface area contributed by atoms with E-state index in [1.165, 1.54) is 5.69 Å². The maximum atomic E-state index is 12.1. The summed E-state index contributed by atoms with van der Waals surface area (Å²) in [4.78, 5) is 28.7. The average Bonchev–Trinajstić information content (AvgIpc) is 2.77. The SMILES string of the molecule is C[C@H](Oc1ccccc1)C(=O)NNC(=O)CCN1CCN(c2ccccc2)CC1. The molecule has 0 spiro atoms. The van der Waals surface area contributed by atoms with Crippen LogP contribution in [0.4, 0.5) is 5.69 Å². The summed E-state index contributed by atoms with van der Waals surface area (Å²) in [5.41, 5.74) is 6.13. The summed E-state index contributed by atoms with van der Waals surface area (Å²) in [5.74, 6) is 0.00514. The fourth-order valence-corrected chi connectivity index (χ4v) is 3.18. The van der Waals surface area contributed by atoms with E-state index in [-0.39, 0.29) is 5.91 Å². The Morgan fingerprint density at radius 3 is 2.21 bits per heavy atom. The van der Waals surface area contributed by atoms with Crippen molar-refractivity contribution in [3.05, 3.63) is 60.7 Å². The second kappa shape index (κ2) is 10.5. The van der Waals surface area contributed by atoms with E-state index in [9.17, 15) is 9.59 Å². The summed E-state index contributed by atoms with van der Waals surface area (Å²) in [7, 11) is 0. The van der Waals surface area contributed by atoms with Crippen LogP contribution < -0.4 is 20.5 Å². The molecular weight excluding hydrogens is 368 g/mol. The van der Waals surface area contributed by atoms with Gasteiger partial charge in [-0.3, -0.25) is 25.3 Å².